The number of likely N-dealkylation sites (tertiary alicyclic amines) is 2. The van der Waals surface area contributed by atoms with E-state index in [0.717, 1.165) is 31.6 Å². The molecule has 1 aromatic rings. The van der Waals surface area contributed by atoms with Crippen molar-refractivity contribution in [2.75, 3.05) is 60.0 Å². The summed E-state index contributed by atoms with van der Waals surface area (Å²) in [6.45, 7) is 7.53. The molecule has 0 radical (unpaired) electrons. The summed E-state index contributed by atoms with van der Waals surface area (Å²) in [5, 5.41) is 10.7. The lowest BCUT2D eigenvalue weighted by Crippen LogP contribution is -2.62. The maximum atomic E-state index is 13.0. The van der Waals surface area contributed by atoms with Gasteiger partial charge in [0.15, 0.2) is 0 Å². The molecular weight excluding hydrogens is 406 g/mol. The molecule has 3 heterocycles. The summed E-state index contributed by atoms with van der Waals surface area (Å²) < 4.78 is 12.1. The molecule has 1 aromatic carbocycles. The van der Waals surface area contributed by atoms with Crippen LogP contribution < -0.4 is 4.74 Å². The Morgan fingerprint density at radius 1 is 1.16 bits per heavy atom. The molecule has 0 aliphatic carbocycles. The van der Waals surface area contributed by atoms with E-state index in [4.69, 9.17) is 9.47 Å². The summed E-state index contributed by atoms with van der Waals surface area (Å²) in [5.41, 5.74) is -0.396. The second kappa shape index (κ2) is 9.67. The molecule has 0 bridgehead atoms. The van der Waals surface area contributed by atoms with Crippen molar-refractivity contribution in [3.8, 4) is 5.75 Å². The number of carbonyl (C=O) groups excluding carboxylic acids is 1. The third kappa shape index (κ3) is 5.28. The monoisotopic (exact) mass is 445 g/mol. The van der Waals surface area contributed by atoms with Crippen LogP contribution in [0.4, 0.5) is 0 Å². The minimum Gasteiger partial charge on any atom is -0.492 e. The summed E-state index contributed by atoms with van der Waals surface area (Å²) in [7, 11) is 4.02. The average molecular weight is 446 g/mol. The lowest BCUT2D eigenvalue weighted by molar-refractivity contribution is -0.205. The maximum Gasteiger partial charge on any atom is 0.253 e. The van der Waals surface area contributed by atoms with E-state index in [0.29, 0.717) is 31.9 Å². The van der Waals surface area contributed by atoms with Crippen LogP contribution in [0.5, 0.6) is 5.75 Å². The number of ether oxygens (including phenoxy) is 2. The molecule has 3 aliphatic heterocycles. The molecule has 3 saturated heterocycles. The van der Waals surface area contributed by atoms with Gasteiger partial charge in [-0.2, -0.15) is 0 Å². The molecule has 1 N–H and O–H groups in total. The Labute approximate surface area is 192 Å². The van der Waals surface area contributed by atoms with Crippen LogP contribution >= 0.6 is 0 Å². The largest absolute Gasteiger partial charge is 0.492 e. The first-order chi connectivity index (χ1) is 15.3. The summed E-state index contributed by atoms with van der Waals surface area (Å²) in [5.74, 6) is 0.881. The van der Waals surface area contributed by atoms with Crippen LogP contribution in [0.15, 0.2) is 24.3 Å². The van der Waals surface area contributed by atoms with E-state index in [1.807, 2.05) is 50.2 Å². The first kappa shape index (κ1) is 23.5. The molecule has 0 saturated carbocycles. The van der Waals surface area contributed by atoms with Crippen LogP contribution in [0.2, 0.25) is 0 Å². The van der Waals surface area contributed by atoms with Crippen LogP contribution in [-0.2, 0) is 4.74 Å². The molecule has 1 spiro atoms. The number of carbonyl (C=O) groups is 1. The molecule has 4 rings (SSSR count). The first-order valence-corrected chi connectivity index (χ1v) is 12.1. The molecular formula is C25H39N3O4. The predicted molar refractivity (Wildman–Crippen MR) is 124 cm³/mol. The molecule has 2 atom stereocenters. The van der Waals surface area contributed by atoms with Gasteiger partial charge in [0.25, 0.3) is 5.91 Å². The zero-order valence-corrected chi connectivity index (χ0v) is 19.9. The Bertz CT molecular complexity index is 766. The molecule has 32 heavy (non-hydrogen) atoms. The van der Waals surface area contributed by atoms with Crippen molar-refractivity contribution < 1.29 is 19.4 Å². The van der Waals surface area contributed by atoms with E-state index in [1.165, 1.54) is 25.9 Å². The molecule has 7 nitrogen and oxygen atoms in total. The van der Waals surface area contributed by atoms with Crippen molar-refractivity contribution >= 4 is 5.91 Å². The second-order valence-electron chi connectivity index (χ2n) is 10.2. The Hall–Kier alpha value is -1.67. The zero-order chi connectivity index (χ0) is 22.8. The number of aliphatic hydroxyl groups is 1. The highest BCUT2D eigenvalue weighted by Crippen LogP contribution is 2.40. The van der Waals surface area contributed by atoms with Gasteiger partial charge in [0.05, 0.1) is 12.2 Å². The van der Waals surface area contributed by atoms with Crippen LogP contribution in [-0.4, -0.2) is 103 Å². The third-order valence-corrected chi connectivity index (χ3v) is 7.52. The van der Waals surface area contributed by atoms with Crippen molar-refractivity contribution in [1.29, 1.82) is 0 Å². The van der Waals surface area contributed by atoms with Crippen molar-refractivity contribution in [2.24, 2.45) is 0 Å². The highest BCUT2D eigenvalue weighted by molar-refractivity contribution is 5.94. The summed E-state index contributed by atoms with van der Waals surface area (Å²) in [6.07, 6.45) is 4.97. The number of rotatable bonds is 6. The fourth-order valence-corrected chi connectivity index (χ4v) is 5.41. The van der Waals surface area contributed by atoms with E-state index >= 15 is 0 Å². The van der Waals surface area contributed by atoms with Crippen molar-refractivity contribution in [1.82, 2.24) is 14.7 Å². The van der Waals surface area contributed by atoms with Crippen LogP contribution in [0, 0.1) is 0 Å². The third-order valence-electron chi connectivity index (χ3n) is 7.52. The Balaban J connectivity index is 1.27. The van der Waals surface area contributed by atoms with Crippen LogP contribution in [0.1, 0.15) is 49.4 Å². The van der Waals surface area contributed by atoms with Gasteiger partial charge in [0.2, 0.25) is 0 Å². The first-order valence-electron chi connectivity index (χ1n) is 12.1. The van der Waals surface area contributed by atoms with Crippen molar-refractivity contribution in [3.63, 3.8) is 0 Å². The fourth-order valence-electron chi connectivity index (χ4n) is 5.41. The smallest absolute Gasteiger partial charge is 0.253 e. The predicted octanol–water partition coefficient (Wildman–Crippen LogP) is 2.24. The van der Waals surface area contributed by atoms with Gasteiger partial charge >= 0.3 is 0 Å². The van der Waals surface area contributed by atoms with Gasteiger partial charge in [-0.25, -0.2) is 0 Å². The molecule has 3 fully saturated rings. The van der Waals surface area contributed by atoms with E-state index in [1.54, 1.807) is 0 Å². The van der Waals surface area contributed by atoms with E-state index < -0.39 is 5.60 Å². The normalized spacial score (nSPS) is 28.4. The number of nitrogens with zero attached hydrogens (tertiary/aromatic N) is 3. The van der Waals surface area contributed by atoms with Crippen molar-refractivity contribution in [2.45, 2.75) is 56.3 Å². The Morgan fingerprint density at radius 2 is 1.81 bits per heavy atom. The van der Waals surface area contributed by atoms with Gasteiger partial charge in [-0.1, -0.05) is 0 Å². The SMILES string of the molecule is CN(C)[C@H]1CC2(CCN(C(=O)c3ccc(OCCN4CCCC4)cc3)CC2)OC[C@]1(C)O. The van der Waals surface area contributed by atoms with Gasteiger partial charge < -0.3 is 24.4 Å². The number of hydrogen-bond donors (Lipinski definition) is 1. The highest BCUT2D eigenvalue weighted by Gasteiger charge is 2.49. The molecule has 0 aromatic heterocycles. The molecule has 7 heteroatoms. The van der Waals surface area contributed by atoms with Gasteiger partial charge in [0.1, 0.15) is 18.0 Å². The number of benzene rings is 1. The van der Waals surface area contributed by atoms with Crippen LogP contribution in [0.3, 0.4) is 0 Å². The topological polar surface area (TPSA) is 65.5 Å². The molecule has 3 aliphatic rings. The quantitative estimate of drug-likeness (QED) is 0.725. The number of likely N-dealkylation sites (N-methyl/N-ethyl adjacent to an activating group) is 1. The second-order valence-corrected chi connectivity index (χ2v) is 10.2. The molecule has 178 valence electrons. The van der Waals surface area contributed by atoms with Crippen LogP contribution in [0.25, 0.3) is 0 Å². The van der Waals surface area contributed by atoms with E-state index in [9.17, 15) is 9.90 Å². The standard InChI is InChI=1S/C25H39N3O4/c1-24(30)19-32-25(18-22(24)26(2)3)10-14-28(15-11-25)23(29)20-6-8-21(9-7-20)31-17-16-27-12-4-5-13-27/h6-9,22,30H,4-5,10-19H2,1-3H3/t22-,24-/m0/s1. The van der Waals surface area contributed by atoms with Gasteiger partial charge in [0, 0.05) is 31.2 Å². The lowest BCUT2D eigenvalue weighted by atomic mass is 9.77. The zero-order valence-electron chi connectivity index (χ0n) is 19.9. The number of hydrogen-bond acceptors (Lipinski definition) is 6. The number of amides is 1. The molecule has 1 amide bonds. The summed E-state index contributed by atoms with van der Waals surface area (Å²) >= 11 is 0. The van der Waals surface area contributed by atoms with Gasteiger partial charge in [-0.15, -0.1) is 0 Å². The molecule has 0 unspecified atom stereocenters. The van der Waals surface area contributed by atoms with E-state index in [2.05, 4.69) is 9.80 Å². The summed E-state index contributed by atoms with van der Waals surface area (Å²) in [6, 6.07) is 7.59. The Kier molecular flexibility index (Phi) is 7.10. The average Bonchev–Trinajstić information content (AvgIpc) is 3.30. The van der Waals surface area contributed by atoms with Gasteiger partial charge in [-0.3, -0.25) is 9.69 Å². The summed E-state index contributed by atoms with van der Waals surface area (Å²) in [4.78, 5) is 19.5. The minimum atomic E-state index is -0.847. The lowest BCUT2D eigenvalue weighted by Gasteiger charge is -2.52. The van der Waals surface area contributed by atoms with Crippen molar-refractivity contribution in [3.05, 3.63) is 29.8 Å². The maximum absolute atomic E-state index is 13.0. The minimum absolute atomic E-state index is 0.0523. The number of piperidine rings is 1. The van der Waals surface area contributed by atoms with Gasteiger partial charge in [-0.05, 0) is 90.5 Å². The Morgan fingerprint density at radius 3 is 2.44 bits per heavy atom. The van der Waals surface area contributed by atoms with E-state index in [-0.39, 0.29) is 17.6 Å². The highest BCUT2D eigenvalue weighted by atomic mass is 16.5. The fraction of sp³-hybridized carbons (Fsp3) is 0.720.